The summed E-state index contributed by atoms with van der Waals surface area (Å²) in [6, 6.07) is 25.2. The third-order valence-electron chi connectivity index (χ3n) is 9.25. The highest BCUT2D eigenvalue weighted by Gasteiger charge is 2.55. The number of amides is 2. The van der Waals surface area contributed by atoms with Gasteiger partial charge in [0.15, 0.2) is 0 Å². The number of nitrogens with one attached hydrogen (secondary N) is 2. The summed E-state index contributed by atoms with van der Waals surface area (Å²) in [5.41, 5.74) is 3.95. The molecule has 2 unspecified atom stereocenters. The van der Waals surface area contributed by atoms with Crippen molar-refractivity contribution in [1.29, 1.82) is 5.26 Å². The molecule has 1 aromatic heterocycles. The van der Waals surface area contributed by atoms with E-state index in [-0.39, 0.29) is 12.1 Å². The molecule has 2 atom stereocenters. The van der Waals surface area contributed by atoms with Crippen molar-refractivity contribution in [2.24, 2.45) is 11.8 Å². The average Bonchev–Trinajstić information content (AvgIpc) is 3.75. The van der Waals surface area contributed by atoms with E-state index < -0.39 is 0 Å². The van der Waals surface area contributed by atoms with Crippen molar-refractivity contribution in [3.63, 3.8) is 0 Å². The summed E-state index contributed by atoms with van der Waals surface area (Å²) in [4.78, 5) is 25.1. The van der Waals surface area contributed by atoms with E-state index >= 15 is 0 Å². The fourth-order valence-corrected chi connectivity index (χ4v) is 6.72. The average molecular weight is 564 g/mol. The number of nitrogens with zero attached hydrogens (tertiary/aromatic N) is 5. The van der Waals surface area contributed by atoms with Crippen LogP contribution >= 0.6 is 0 Å². The summed E-state index contributed by atoms with van der Waals surface area (Å²) >= 11 is 0. The first-order valence-corrected chi connectivity index (χ1v) is 15.3. The van der Waals surface area contributed by atoms with E-state index in [0.29, 0.717) is 30.0 Å². The molecular formula is C34H41N7O. The third-order valence-corrected chi connectivity index (χ3v) is 9.25. The highest BCUT2D eigenvalue weighted by molar-refractivity contribution is 5.93. The number of benzene rings is 2. The van der Waals surface area contributed by atoms with Crippen LogP contribution < -0.4 is 15.5 Å². The first-order chi connectivity index (χ1) is 20.6. The molecule has 2 heterocycles. The zero-order valence-electron chi connectivity index (χ0n) is 24.5. The summed E-state index contributed by atoms with van der Waals surface area (Å²) in [7, 11) is 2.18. The molecule has 2 saturated carbocycles. The molecule has 0 radical (unpaired) electrons. The highest BCUT2D eigenvalue weighted by atomic mass is 16.2. The smallest absolute Gasteiger partial charge is 0.322 e. The number of hydrogen-bond acceptors (Lipinski definition) is 6. The van der Waals surface area contributed by atoms with Crippen LogP contribution in [0.1, 0.15) is 42.4 Å². The van der Waals surface area contributed by atoms with E-state index in [1.54, 1.807) is 6.20 Å². The zero-order chi connectivity index (χ0) is 28.9. The van der Waals surface area contributed by atoms with Crippen LogP contribution in [0.25, 0.3) is 0 Å². The van der Waals surface area contributed by atoms with Crippen LogP contribution in [0.15, 0.2) is 72.9 Å². The van der Waals surface area contributed by atoms with Gasteiger partial charge in [-0.3, -0.25) is 9.80 Å². The second kappa shape index (κ2) is 12.9. The fourth-order valence-electron chi connectivity index (χ4n) is 6.72. The molecule has 3 aromatic rings. The van der Waals surface area contributed by atoms with Crippen LogP contribution in [0.5, 0.6) is 0 Å². The summed E-state index contributed by atoms with van der Waals surface area (Å²) in [5, 5.41) is 15.8. The van der Waals surface area contributed by atoms with Crippen LogP contribution in [0.3, 0.4) is 0 Å². The van der Waals surface area contributed by atoms with E-state index in [4.69, 9.17) is 5.26 Å². The largest absolute Gasteiger partial charge is 0.367 e. The number of rotatable bonds is 8. The first kappa shape index (κ1) is 28.2. The van der Waals surface area contributed by atoms with Crippen molar-refractivity contribution in [3.05, 3.63) is 89.6 Å². The molecule has 2 aliphatic carbocycles. The van der Waals surface area contributed by atoms with Crippen molar-refractivity contribution in [3.8, 4) is 6.07 Å². The summed E-state index contributed by atoms with van der Waals surface area (Å²) in [6.07, 6.45) is 5.86. The van der Waals surface area contributed by atoms with Gasteiger partial charge in [-0.2, -0.15) is 5.26 Å². The van der Waals surface area contributed by atoms with Crippen LogP contribution in [0.4, 0.5) is 16.3 Å². The summed E-state index contributed by atoms with van der Waals surface area (Å²) in [6.45, 7) is 5.87. The molecule has 2 N–H and O–H groups in total. The second-order valence-electron chi connectivity index (χ2n) is 12.1. The minimum atomic E-state index is -0.0137. The van der Waals surface area contributed by atoms with Gasteiger partial charge in [-0.05, 0) is 80.0 Å². The van der Waals surface area contributed by atoms with Gasteiger partial charge in [-0.1, -0.05) is 42.5 Å². The number of piperazine rings is 1. The number of pyridine rings is 1. The van der Waals surface area contributed by atoms with E-state index in [9.17, 15) is 4.79 Å². The lowest BCUT2D eigenvalue weighted by Gasteiger charge is -2.32. The third kappa shape index (κ3) is 6.75. The number of carbonyl (C=O) groups excluding carboxylic acids is 1. The van der Waals surface area contributed by atoms with Crippen LogP contribution in [0, 0.1) is 23.2 Å². The van der Waals surface area contributed by atoms with Crippen molar-refractivity contribution in [2.75, 3.05) is 43.4 Å². The van der Waals surface area contributed by atoms with Crippen molar-refractivity contribution in [1.82, 2.24) is 20.1 Å². The number of fused-ring (bicyclic) bond motifs is 1. The topological polar surface area (TPSA) is 87.5 Å². The van der Waals surface area contributed by atoms with E-state index in [2.05, 4.69) is 74.9 Å². The Hall–Kier alpha value is -3.93. The van der Waals surface area contributed by atoms with Crippen molar-refractivity contribution >= 4 is 17.5 Å². The molecule has 1 saturated heterocycles. The lowest BCUT2D eigenvalue weighted by Crippen LogP contribution is -2.44. The van der Waals surface area contributed by atoms with Crippen LogP contribution in [-0.4, -0.2) is 66.1 Å². The summed E-state index contributed by atoms with van der Waals surface area (Å²) < 4.78 is 0. The van der Waals surface area contributed by atoms with Gasteiger partial charge in [0.2, 0.25) is 0 Å². The maximum absolute atomic E-state index is 13.8. The minimum absolute atomic E-state index is 0.0137. The van der Waals surface area contributed by atoms with Gasteiger partial charge in [-0.15, -0.1) is 0 Å². The molecule has 3 aliphatic rings. The Bertz CT molecular complexity index is 1350. The molecule has 1 aliphatic heterocycles. The summed E-state index contributed by atoms with van der Waals surface area (Å²) in [5.74, 6) is 1.82. The Balaban J connectivity index is 1.12. The van der Waals surface area contributed by atoms with Crippen molar-refractivity contribution in [2.45, 2.75) is 50.9 Å². The number of likely N-dealkylation sites (N-methyl/N-ethyl adjacent to an activating group) is 1. The molecule has 8 nitrogen and oxygen atoms in total. The van der Waals surface area contributed by atoms with Crippen molar-refractivity contribution < 1.29 is 4.79 Å². The van der Waals surface area contributed by atoms with Gasteiger partial charge >= 0.3 is 6.03 Å². The minimum Gasteiger partial charge on any atom is -0.367 e. The Morgan fingerprint density at radius 2 is 1.64 bits per heavy atom. The van der Waals surface area contributed by atoms with Gasteiger partial charge in [0.25, 0.3) is 0 Å². The number of anilines is 2. The Morgan fingerprint density at radius 3 is 2.29 bits per heavy atom. The van der Waals surface area contributed by atoms with E-state index in [1.165, 1.54) is 5.56 Å². The molecule has 6 rings (SSSR count). The molecule has 42 heavy (non-hydrogen) atoms. The maximum atomic E-state index is 13.8. The standard InChI is InChI=1S/C34H41N7O/c1-39-17-19-40(20-18-39)24-26-7-12-29(13-8-26)41(34(42)37-22-25-5-3-2-4-6-25)33-30-14-10-28(11-15-31(30)33)38-32-16-9-27(21-35)23-36-32/h2-9,12-13,16,23,28,30-31,33H,10-11,14-15,17-20,22,24H2,1H3,(H,36,38)(H,37,42). The zero-order valence-corrected chi connectivity index (χ0v) is 24.5. The fraction of sp³-hybridized carbons (Fsp3) is 0.441. The van der Waals surface area contributed by atoms with Gasteiger partial charge in [0, 0.05) is 63.2 Å². The second-order valence-corrected chi connectivity index (χ2v) is 12.1. The molecule has 218 valence electrons. The molecule has 0 bridgehead atoms. The predicted octanol–water partition coefficient (Wildman–Crippen LogP) is 5.09. The highest BCUT2D eigenvalue weighted by Crippen LogP contribution is 2.52. The first-order valence-electron chi connectivity index (χ1n) is 15.3. The number of urea groups is 1. The number of hydrogen-bond donors (Lipinski definition) is 2. The Labute approximate surface area is 249 Å². The van der Waals surface area contributed by atoms with E-state index in [1.807, 2.05) is 35.2 Å². The monoisotopic (exact) mass is 563 g/mol. The van der Waals surface area contributed by atoms with Gasteiger partial charge < -0.3 is 15.5 Å². The van der Waals surface area contributed by atoms with E-state index in [0.717, 1.165) is 75.5 Å². The lowest BCUT2D eigenvalue weighted by atomic mass is 10.1. The number of nitriles is 1. The number of aromatic nitrogens is 1. The van der Waals surface area contributed by atoms with Gasteiger partial charge in [0.1, 0.15) is 11.9 Å². The molecule has 8 heteroatoms. The number of carbonyl (C=O) groups is 1. The molecule has 0 spiro atoms. The molecular weight excluding hydrogens is 522 g/mol. The van der Waals surface area contributed by atoms with Gasteiger partial charge in [0.05, 0.1) is 5.56 Å². The maximum Gasteiger partial charge on any atom is 0.322 e. The van der Waals surface area contributed by atoms with Gasteiger partial charge in [-0.25, -0.2) is 9.78 Å². The van der Waals surface area contributed by atoms with Crippen LogP contribution in [-0.2, 0) is 13.1 Å². The molecule has 3 fully saturated rings. The molecule has 2 aromatic carbocycles. The molecule has 2 amide bonds. The Kier molecular flexibility index (Phi) is 8.68. The SMILES string of the molecule is CN1CCN(Cc2ccc(N(C(=O)NCc3ccccc3)C3C4CCC(Nc5ccc(C#N)cn5)CCC43)cc2)CC1. The normalized spacial score (nSPS) is 24.1. The quantitative estimate of drug-likeness (QED) is 0.397. The van der Waals surface area contributed by atoms with Crippen LogP contribution in [0.2, 0.25) is 0 Å². The predicted molar refractivity (Wildman–Crippen MR) is 166 cm³/mol. The lowest BCUT2D eigenvalue weighted by molar-refractivity contribution is 0.148. The Morgan fingerprint density at radius 1 is 0.929 bits per heavy atom.